The van der Waals surface area contributed by atoms with E-state index in [1.807, 2.05) is 56.5 Å². The number of carbonyl (C=O) groups excluding carboxylic acids is 1. The first-order chi connectivity index (χ1) is 9.52. The Kier molecular flexibility index (Phi) is 4.35. The summed E-state index contributed by atoms with van der Waals surface area (Å²) in [4.78, 5) is 13.4. The summed E-state index contributed by atoms with van der Waals surface area (Å²) in [6.45, 7) is 3.89. The first-order valence-corrected chi connectivity index (χ1v) is 7.56. The highest BCUT2D eigenvalue weighted by Crippen LogP contribution is 2.26. The van der Waals surface area contributed by atoms with Gasteiger partial charge in [0.15, 0.2) is 0 Å². The van der Waals surface area contributed by atoms with E-state index in [-0.39, 0.29) is 5.91 Å². The maximum absolute atomic E-state index is 12.4. The van der Waals surface area contributed by atoms with Crippen LogP contribution >= 0.6 is 11.8 Å². The molecule has 0 unspecified atom stereocenters. The lowest BCUT2D eigenvalue weighted by Crippen LogP contribution is -2.15. The standard InChI is InChI=1S/C16H18N2OS/c1-10-8-12(17)9-11(2)15(10)18-16(19)13-6-4-5-7-14(13)20-3/h4-9H,17H2,1-3H3,(H,18,19). The fourth-order valence-electron chi connectivity index (χ4n) is 2.21. The van der Waals surface area contributed by atoms with Crippen molar-refractivity contribution in [3.8, 4) is 0 Å². The summed E-state index contributed by atoms with van der Waals surface area (Å²) in [6, 6.07) is 11.3. The van der Waals surface area contributed by atoms with Gasteiger partial charge in [0.2, 0.25) is 0 Å². The molecule has 2 aromatic rings. The van der Waals surface area contributed by atoms with E-state index in [4.69, 9.17) is 5.73 Å². The molecule has 20 heavy (non-hydrogen) atoms. The molecule has 0 spiro atoms. The molecule has 4 heteroatoms. The summed E-state index contributed by atoms with van der Waals surface area (Å²) in [7, 11) is 0. The molecule has 3 N–H and O–H groups in total. The monoisotopic (exact) mass is 286 g/mol. The summed E-state index contributed by atoms with van der Waals surface area (Å²) < 4.78 is 0. The third-order valence-electron chi connectivity index (χ3n) is 3.15. The number of rotatable bonds is 3. The Balaban J connectivity index is 2.33. The van der Waals surface area contributed by atoms with Crippen LogP contribution < -0.4 is 11.1 Å². The Morgan fingerprint density at radius 2 is 1.75 bits per heavy atom. The lowest BCUT2D eigenvalue weighted by atomic mass is 10.1. The lowest BCUT2D eigenvalue weighted by molar-refractivity contribution is 0.102. The van der Waals surface area contributed by atoms with E-state index < -0.39 is 0 Å². The molecule has 0 aliphatic rings. The Labute approximate surface area is 123 Å². The van der Waals surface area contributed by atoms with Crippen molar-refractivity contribution in [1.29, 1.82) is 0 Å². The molecule has 0 heterocycles. The minimum Gasteiger partial charge on any atom is -0.399 e. The van der Waals surface area contributed by atoms with E-state index in [1.165, 1.54) is 0 Å². The summed E-state index contributed by atoms with van der Waals surface area (Å²) in [5.41, 5.74) is 9.97. The minimum atomic E-state index is -0.0917. The summed E-state index contributed by atoms with van der Waals surface area (Å²) in [5, 5.41) is 2.99. The zero-order chi connectivity index (χ0) is 14.7. The highest BCUT2D eigenvalue weighted by molar-refractivity contribution is 7.98. The van der Waals surface area contributed by atoms with Gasteiger partial charge in [-0.1, -0.05) is 12.1 Å². The van der Waals surface area contributed by atoms with Crippen LogP contribution in [0.2, 0.25) is 0 Å². The van der Waals surface area contributed by atoms with Gasteiger partial charge in [-0.2, -0.15) is 0 Å². The zero-order valence-electron chi connectivity index (χ0n) is 11.9. The molecule has 0 saturated carbocycles. The maximum atomic E-state index is 12.4. The number of hydrogen-bond donors (Lipinski definition) is 2. The second-order valence-corrected chi connectivity index (χ2v) is 5.53. The van der Waals surface area contributed by atoms with Gasteiger partial charge in [0.25, 0.3) is 5.91 Å². The van der Waals surface area contributed by atoms with Gasteiger partial charge in [-0.3, -0.25) is 4.79 Å². The molecule has 3 nitrogen and oxygen atoms in total. The number of nitrogen functional groups attached to an aromatic ring is 1. The van der Waals surface area contributed by atoms with Crippen LogP contribution in [0, 0.1) is 13.8 Å². The quantitative estimate of drug-likeness (QED) is 0.665. The van der Waals surface area contributed by atoms with E-state index in [0.29, 0.717) is 11.3 Å². The van der Waals surface area contributed by atoms with E-state index in [2.05, 4.69) is 5.32 Å². The Bertz CT molecular complexity index is 630. The van der Waals surface area contributed by atoms with Gasteiger partial charge < -0.3 is 11.1 Å². The molecule has 0 bridgehead atoms. The second-order valence-electron chi connectivity index (χ2n) is 4.68. The van der Waals surface area contributed by atoms with Crippen LogP contribution in [-0.4, -0.2) is 12.2 Å². The summed E-state index contributed by atoms with van der Waals surface area (Å²) in [6.07, 6.45) is 1.96. The van der Waals surface area contributed by atoms with Gasteiger partial charge in [0.05, 0.1) is 5.56 Å². The number of thioether (sulfide) groups is 1. The largest absolute Gasteiger partial charge is 0.399 e. The third kappa shape index (κ3) is 2.96. The van der Waals surface area contributed by atoms with Crippen molar-refractivity contribution < 1.29 is 4.79 Å². The lowest BCUT2D eigenvalue weighted by Gasteiger charge is -2.14. The maximum Gasteiger partial charge on any atom is 0.256 e. The normalized spacial score (nSPS) is 10.3. The van der Waals surface area contributed by atoms with Crippen LogP contribution in [0.25, 0.3) is 0 Å². The molecule has 2 aromatic carbocycles. The molecule has 0 fully saturated rings. The zero-order valence-corrected chi connectivity index (χ0v) is 12.7. The molecular formula is C16H18N2OS. The van der Waals surface area contributed by atoms with Gasteiger partial charge in [-0.15, -0.1) is 11.8 Å². The summed E-state index contributed by atoms with van der Waals surface area (Å²) >= 11 is 1.56. The average Bonchev–Trinajstić information content (AvgIpc) is 2.42. The van der Waals surface area contributed by atoms with Crippen molar-refractivity contribution in [2.24, 2.45) is 0 Å². The first kappa shape index (κ1) is 14.5. The molecule has 104 valence electrons. The summed E-state index contributed by atoms with van der Waals surface area (Å²) in [5.74, 6) is -0.0917. The number of anilines is 2. The van der Waals surface area contributed by atoms with Gasteiger partial charge in [0.1, 0.15) is 0 Å². The second kappa shape index (κ2) is 6.01. The molecule has 0 radical (unpaired) electrons. The highest BCUT2D eigenvalue weighted by Gasteiger charge is 2.13. The smallest absolute Gasteiger partial charge is 0.256 e. The van der Waals surface area contributed by atoms with Gasteiger partial charge >= 0.3 is 0 Å². The molecule has 1 amide bonds. The molecule has 0 saturated heterocycles. The first-order valence-electron chi connectivity index (χ1n) is 6.34. The van der Waals surface area contributed by atoms with Gasteiger partial charge in [-0.25, -0.2) is 0 Å². The van der Waals surface area contributed by atoms with Crippen LogP contribution in [-0.2, 0) is 0 Å². The van der Waals surface area contributed by atoms with E-state index in [0.717, 1.165) is 21.7 Å². The van der Waals surface area contributed by atoms with Gasteiger partial charge in [-0.05, 0) is 55.5 Å². The van der Waals surface area contributed by atoms with E-state index >= 15 is 0 Å². The SMILES string of the molecule is CSc1ccccc1C(=O)Nc1c(C)cc(N)cc1C. The van der Waals surface area contributed by atoms with E-state index in [9.17, 15) is 4.79 Å². The number of benzene rings is 2. The van der Waals surface area contributed by atoms with Crippen molar-refractivity contribution in [1.82, 2.24) is 0 Å². The van der Waals surface area contributed by atoms with Crippen LogP contribution in [0.3, 0.4) is 0 Å². The topological polar surface area (TPSA) is 55.1 Å². The fourth-order valence-corrected chi connectivity index (χ4v) is 2.80. The Hall–Kier alpha value is -1.94. The average molecular weight is 286 g/mol. The van der Waals surface area contributed by atoms with Crippen molar-refractivity contribution in [2.45, 2.75) is 18.7 Å². The van der Waals surface area contributed by atoms with Crippen LogP contribution in [0.15, 0.2) is 41.3 Å². The molecule has 0 aliphatic carbocycles. The minimum absolute atomic E-state index is 0.0917. The number of hydrogen-bond acceptors (Lipinski definition) is 3. The van der Waals surface area contributed by atoms with Crippen molar-refractivity contribution >= 4 is 29.0 Å². The fraction of sp³-hybridized carbons (Fsp3) is 0.188. The number of nitrogens with two attached hydrogens (primary N) is 1. The molecule has 0 atom stereocenters. The number of aryl methyl sites for hydroxylation is 2. The van der Waals surface area contributed by atoms with Crippen LogP contribution in [0.5, 0.6) is 0 Å². The highest BCUT2D eigenvalue weighted by atomic mass is 32.2. The number of amides is 1. The Morgan fingerprint density at radius 1 is 1.15 bits per heavy atom. The van der Waals surface area contributed by atoms with Crippen LogP contribution in [0.1, 0.15) is 21.5 Å². The van der Waals surface area contributed by atoms with Crippen molar-refractivity contribution in [2.75, 3.05) is 17.3 Å². The molecular weight excluding hydrogens is 268 g/mol. The van der Waals surface area contributed by atoms with E-state index in [1.54, 1.807) is 11.8 Å². The molecule has 0 aliphatic heterocycles. The molecule has 2 rings (SSSR count). The van der Waals surface area contributed by atoms with Crippen molar-refractivity contribution in [3.63, 3.8) is 0 Å². The predicted octanol–water partition coefficient (Wildman–Crippen LogP) is 3.86. The molecule has 0 aromatic heterocycles. The third-order valence-corrected chi connectivity index (χ3v) is 3.94. The Morgan fingerprint density at radius 3 is 2.35 bits per heavy atom. The van der Waals surface area contributed by atoms with Gasteiger partial charge in [0, 0.05) is 16.3 Å². The predicted molar refractivity (Wildman–Crippen MR) is 86.5 cm³/mol. The van der Waals surface area contributed by atoms with Crippen LogP contribution in [0.4, 0.5) is 11.4 Å². The number of carbonyl (C=O) groups is 1. The number of nitrogens with one attached hydrogen (secondary N) is 1. The van der Waals surface area contributed by atoms with Crippen molar-refractivity contribution in [3.05, 3.63) is 53.1 Å².